The lowest BCUT2D eigenvalue weighted by Crippen LogP contribution is -2.16. The number of imidazole rings is 1. The second kappa shape index (κ2) is 8.91. The first kappa shape index (κ1) is 19.9. The summed E-state index contributed by atoms with van der Waals surface area (Å²) in [5, 5.41) is 1.92. The zero-order chi connectivity index (χ0) is 19.4. The zero-order valence-corrected chi connectivity index (χ0v) is 17.8. The SMILES string of the molecule is CC(C)c1nc(CN(C)C)n(Cc2cccnc2)c1Sc1cccc(Cl)c1. The van der Waals surface area contributed by atoms with Crippen molar-refractivity contribution in [2.24, 2.45) is 0 Å². The molecule has 0 aliphatic heterocycles. The van der Waals surface area contributed by atoms with Crippen molar-refractivity contribution in [3.8, 4) is 0 Å². The average molecular weight is 401 g/mol. The predicted molar refractivity (Wildman–Crippen MR) is 113 cm³/mol. The van der Waals surface area contributed by atoms with Crippen LogP contribution in [0.1, 0.15) is 36.8 Å². The summed E-state index contributed by atoms with van der Waals surface area (Å²) in [7, 11) is 4.14. The third-order valence-corrected chi connectivity index (χ3v) is 5.45. The molecule has 3 aromatic rings. The molecule has 0 unspecified atom stereocenters. The number of pyridine rings is 1. The molecule has 2 aromatic heterocycles. The maximum absolute atomic E-state index is 6.21. The Balaban J connectivity index is 2.07. The Bertz CT molecular complexity index is 890. The number of hydrogen-bond donors (Lipinski definition) is 0. The fraction of sp³-hybridized carbons (Fsp3) is 0.333. The van der Waals surface area contributed by atoms with Gasteiger partial charge in [-0.25, -0.2) is 4.98 Å². The van der Waals surface area contributed by atoms with Gasteiger partial charge in [0.05, 0.1) is 18.8 Å². The summed E-state index contributed by atoms with van der Waals surface area (Å²) in [4.78, 5) is 12.6. The van der Waals surface area contributed by atoms with Gasteiger partial charge in [0.15, 0.2) is 0 Å². The molecule has 3 rings (SSSR count). The molecule has 0 radical (unpaired) electrons. The first-order valence-corrected chi connectivity index (χ1v) is 10.2. The second-order valence-corrected chi connectivity index (χ2v) is 8.62. The van der Waals surface area contributed by atoms with Gasteiger partial charge in [0.1, 0.15) is 10.9 Å². The number of halogens is 1. The van der Waals surface area contributed by atoms with E-state index in [1.807, 2.05) is 30.5 Å². The summed E-state index contributed by atoms with van der Waals surface area (Å²) in [5.41, 5.74) is 2.29. The first-order valence-electron chi connectivity index (χ1n) is 9.00. The summed E-state index contributed by atoms with van der Waals surface area (Å²) >= 11 is 7.93. The Morgan fingerprint density at radius 1 is 1.19 bits per heavy atom. The molecule has 27 heavy (non-hydrogen) atoms. The van der Waals surface area contributed by atoms with Crippen LogP contribution in [0.25, 0.3) is 0 Å². The minimum atomic E-state index is 0.336. The van der Waals surface area contributed by atoms with Gasteiger partial charge in [0.2, 0.25) is 0 Å². The van der Waals surface area contributed by atoms with Crippen molar-refractivity contribution in [1.82, 2.24) is 19.4 Å². The maximum Gasteiger partial charge on any atom is 0.124 e. The number of benzene rings is 1. The molecule has 0 aliphatic carbocycles. The van der Waals surface area contributed by atoms with E-state index in [0.717, 1.165) is 40.1 Å². The van der Waals surface area contributed by atoms with Crippen molar-refractivity contribution >= 4 is 23.4 Å². The molecule has 0 saturated heterocycles. The van der Waals surface area contributed by atoms with Crippen LogP contribution in [0.15, 0.2) is 58.7 Å². The Morgan fingerprint density at radius 2 is 2.00 bits per heavy atom. The largest absolute Gasteiger partial charge is 0.317 e. The molecule has 0 amide bonds. The van der Waals surface area contributed by atoms with Crippen LogP contribution < -0.4 is 0 Å². The lowest BCUT2D eigenvalue weighted by atomic mass is 10.1. The third kappa shape index (κ3) is 5.12. The van der Waals surface area contributed by atoms with Crippen LogP contribution in [-0.4, -0.2) is 33.5 Å². The molecule has 0 aliphatic rings. The second-order valence-electron chi connectivity index (χ2n) is 7.12. The Labute approximate surface area is 170 Å². The van der Waals surface area contributed by atoms with Crippen LogP contribution in [0.4, 0.5) is 0 Å². The zero-order valence-electron chi connectivity index (χ0n) is 16.2. The van der Waals surface area contributed by atoms with E-state index in [9.17, 15) is 0 Å². The van der Waals surface area contributed by atoms with Crippen molar-refractivity contribution in [1.29, 1.82) is 0 Å². The van der Waals surface area contributed by atoms with E-state index in [4.69, 9.17) is 16.6 Å². The summed E-state index contributed by atoms with van der Waals surface area (Å²) in [5.74, 6) is 1.40. The van der Waals surface area contributed by atoms with Crippen molar-refractivity contribution in [2.75, 3.05) is 14.1 Å². The molecule has 0 bridgehead atoms. The standard InChI is InChI=1S/C21H25ClN4S/c1-15(2)20-21(27-18-9-5-8-17(22)11-18)26(19(24-20)14-25(3)4)13-16-7-6-10-23-12-16/h5-12,15H,13-14H2,1-4H3. The highest BCUT2D eigenvalue weighted by atomic mass is 35.5. The quantitative estimate of drug-likeness (QED) is 0.537. The number of nitrogens with zero attached hydrogens (tertiary/aromatic N) is 4. The number of aromatic nitrogens is 3. The van der Waals surface area contributed by atoms with Gasteiger partial charge in [0, 0.05) is 22.3 Å². The fourth-order valence-corrected chi connectivity index (χ4v) is 4.35. The van der Waals surface area contributed by atoms with Gasteiger partial charge in [0.25, 0.3) is 0 Å². The summed E-state index contributed by atoms with van der Waals surface area (Å²) in [6.07, 6.45) is 3.72. The summed E-state index contributed by atoms with van der Waals surface area (Å²) in [6, 6.07) is 12.1. The van der Waals surface area contributed by atoms with E-state index in [1.54, 1.807) is 18.0 Å². The van der Waals surface area contributed by atoms with Gasteiger partial charge in [-0.15, -0.1) is 0 Å². The van der Waals surface area contributed by atoms with E-state index in [-0.39, 0.29) is 0 Å². The van der Waals surface area contributed by atoms with Gasteiger partial charge in [-0.05, 0) is 49.8 Å². The fourth-order valence-electron chi connectivity index (χ4n) is 2.87. The normalized spacial score (nSPS) is 11.5. The smallest absolute Gasteiger partial charge is 0.124 e. The summed E-state index contributed by atoms with van der Waals surface area (Å²) in [6.45, 7) is 5.92. The average Bonchev–Trinajstić information content (AvgIpc) is 2.93. The molecule has 142 valence electrons. The van der Waals surface area contributed by atoms with Crippen LogP contribution in [0.3, 0.4) is 0 Å². The highest BCUT2D eigenvalue weighted by molar-refractivity contribution is 7.99. The molecular formula is C21H25ClN4S. The molecule has 0 N–H and O–H groups in total. The molecule has 6 heteroatoms. The van der Waals surface area contributed by atoms with E-state index >= 15 is 0 Å². The molecule has 1 aromatic carbocycles. The Morgan fingerprint density at radius 3 is 2.63 bits per heavy atom. The molecule has 2 heterocycles. The van der Waals surface area contributed by atoms with Crippen LogP contribution in [0.2, 0.25) is 5.02 Å². The van der Waals surface area contributed by atoms with Crippen LogP contribution in [0, 0.1) is 0 Å². The molecular weight excluding hydrogens is 376 g/mol. The van der Waals surface area contributed by atoms with Crippen LogP contribution >= 0.6 is 23.4 Å². The molecule has 4 nitrogen and oxygen atoms in total. The predicted octanol–water partition coefficient (Wildman–Crippen LogP) is 5.32. The van der Waals surface area contributed by atoms with Crippen molar-refractivity contribution in [3.63, 3.8) is 0 Å². The maximum atomic E-state index is 6.21. The topological polar surface area (TPSA) is 34.0 Å². The Hall–Kier alpha value is -1.82. The van der Waals surface area contributed by atoms with Gasteiger partial charge in [-0.1, -0.05) is 49.3 Å². The lowest BCUT2D eigenvalue weighted by Gasteiger charge is -2.15. The van der Waals surface area contributed by atoms with E-state index in [2.05, 4.69) is 54.5 Å². The Kier molecular flexibility index (Phi) is 6.58. The van der Waals surface area contributed by atoms with Crippen LogP contribution in [0.5, 0.6) is 0 Å². The van der Waals surface area contributed by atoms with Gasteiger partial charge in [-0.2, -0.15) is 0 Å². The molecule has 0 fully saturated rings. The number of rotatable bonds is 7. The van der Waals surface area contributed by atoms with E-state index < -0.39 is 0 Å². The van der Waals surface area contributed by atoms with Gasteiger partial charge in [-0.3, -0.25) is 4.98 Å². The van der Waals surface area contributed by atoms with E-state index in [1.165, 1.54) is 5.03 Å². The van der Waals surface area contributed by atoms with Gasteiger partial charge >= 0.3 is 0 Å². The monoisotopic (exact) mass is 400 g/mol. The highest BCUT2D eigenvalue weighted by Crippen LogP contribution is 2.36. The highest BCUT2D eigenvalue weighted by Gasteiger charge is 2.21. The van der Waals surface area contributed by atoms with Crippen molar-refractivity contribution in [2.45, 2.75) is 42.8 Å². The molecule has 0 spiro atoms. The molecule has 0 atom stereocenters. The third-order valence-electron chi connectivity index (χ3n) is 4.10. The summed E-state index contributed by atoms with van der Waals surface area (Å²) < 4.78 is 2.32. The minimum Gasteiger partial charge on any atom is -0.317 e. The number of hydrogen-bond acceptors (Lipinski definition) is 4. The molecule has 0 saturated carbocycles. The first-order chi connectivity index (χ1) is 12.9. The van der Waals surface area contributed by atoms with E-state index in [0.29, 0.717) is 5.92 Å². The van der Waals surface area contributed by atoms with Crippen molar-refractivity contribution in [3.05, 3.63) is 70.9 Å². The van der Waals surface area contributed by atoms with Crippen molar-refractivity contribution < 1.29 is 0 Å². The van der Waals surface area contributed by atoms with Crippen LogP contribution in [-0.2, 0) is 13.1 Å². The minimum absolute atomic E-state index is 0.336. The lowest BCUT2D eigenvalue weighted by molar-refractivity contribution is 0.380. The van der Waals surface area contributed by atoms with Gasteiger partial charge < -0.3 is 9.47 Å².